The van der Waals surface area contributed by atoms with Gasteiger partial charge in [-0.15, -0.1) is 0 Å². The first-order valence-corrected chi connectivity index (χ1v) is 7.80. The van der Waals surface area contributed by atoms with Gasteiger partial charge in [-0.25, -0.2) is 8.42 Å². The van der Waals surface area contributed by atoms with Crippen molar-refractivity contribution in [3.8, 4) is 5.06 Å². The molecule has 2 rings (SSSR count). The predicted molar refractivity (Wildman–Crippen MR) is 68.2 cm³/mol. The number of fused-ring (bicyclic) bond motifs is 1. The van der Waals surface area contributed by atoms with Crippen LogP contribution in [0.2, 0.25) is 0 Å². The molecule has 1 aliphatic heterocycles. The number of nitrogens with two attached hydrogens (primary N) is 1. The van der Waals surface area contributed by atoms with Crippen LogP contribution in [0.15, 0.2) is 10.3 Å². The Balaban J connectivity index is 2.27. The molecule has 1 unspecified atom stereocenters. The van der Waals surface area contributed by atoms with Gasteiger partial charge in [-0.05, 0) is 12.5 Å². The van der Waals surface area contributed by atoms with E-state index >= 15 is 0 Å². The van der Waals surface area contributed by atoms with Gasteiger partial charge in [0.05, 0.1) is 0 Å². The number of ether oxygens (including phenoxy) is 1. The fourth-order valence-corrected chi connectivity index (χ4v) is 5.13. The molecular formula is C10H16N2O4S2. The Labute approximate surface area is 110 Å². The number of rotatable bonds is 4. The lowest BCUT2D eigenvalue weighted by Gasteiger charge is -2.29. The highest BCUT2D eigenvalue weighted by Crippen LogP contribution is 2.40. The molecule has 0 aromatic carbocycles. The summed E-state index contributed by atoms with van der Waals surface area (Å²) in [6, 6.07) is 1.05. The first-order chi connectivity index (χ1) is 8.46. The molecule has 2 heterocycles. The van der Waals surface area contributed by atoms with E-state index in [9.17, 15) is 13.5 Å². The smallest absolute Gasteiger partial charge is 0.253 e. The molecule has 0 aliphatic carbocycles. The second kappa shape index (κ2) is 5.14. The highest BCUT2D eigenvalue weighted by molar-refractivity contribution is 7.91. The van der Waals surface area contributed by atoms with Gasteiger partial charge in [0.25, 0.3) is 10.0 Å². The summed E-state index contributed by atoms with van der Waals surface area (Å²) in [5, 5.41) is 9.42. The molecule has 1 aromatic rings. The minimum atomic E-state index is -3.52. The molecule has 6 nitrogen and oxygen atoms in total. The summed E-state index contributed by atoms with van der Waals surface area (Å²) in [5.74, 6) is 0. The van der Waals surface area contributed by atoms with Gasteiger partial charge in [0.1, 0.15) is 4.21 Å². The quantitative estimate of drug-likeness (QED) is 0.788. The van der Waals surface area contributed by atoms with E-state index in [0.717, 1.165) is 11.3 Å². The van der Waals surface area contributed by atoms with E-state index in [1.807, 2.05) is 0 Å². The van der Waals surface area contributed by atoms with Crippen LogP contribution in [0.3, 0.4) is 0 Å². The summed E-state index contributed by atoms with van der Waals surface area (Å²) in [6.07, 6.45) is 0.620. The highest BCUT2D eigenvalue weighted by atomic mass is 32.2. The highest BCUT2D eigenvalue weighted by Gasteiger charge is 2.37. The van der Waals surface area contributed by atoms with Crippen LogP contribution in [0.4, 0.5) is 0 Å². The number of sulfonamides is 1. The summed E-state index contributed by atoms with van der Waals surface area (Å²) in [6.45, 7) is 1.13. The summed E-state index contributed by atoms with van der Waals surface area (Å²) in [5.41, 5.74) is 6.45. The maximum atomic E-state index is 12.3. The van der Waals surface area contributed by atoms with Crippen molar-refractivity contribution >= 4 is 21.4 Å². The van der Waals surface area contributed by atoms with Crippen LogP contribution < -0.4 is 5.73 Å². The van der Waals surface area contributed by atoms with Crippen LogP contribution in [0, 0.1) is 0 Å². The van der Waals surface area contributed by atoms with Crippen molar-refractivity contribution in [1.82, 2.24) is 4.31 Å². The lowest BCUT2D eigenvalue weighted by atomic mass is 10.1. The molecule has 0 amide bonds. The standard InChI is InChI=1S/C10H16N2O4S2/c1-16-4-2-3-12-6-8(11)7-5-9(13)17-10(7)18(12,14)15/h5,8,13H,2-4,6,11H2,1H3. The molecule has 0 saturated heterocycles. The summed E-state index contributed by atoms with van der Waals surface area (Å²) in [4.78, 5) is 0. The lowest BCUT2D eigenvalue weighted by Crippen LogP contribution is -2.42. The van der Waals surface area contributed by atoms with Crippen LogP contribution in [-0.2, 0) is 14.8 Å². The van der Waals surface area contributed by atoms with Gasteiger partial charge in [0.15, 0.2) is 5.06 Å². The zero-order chi connectivity index (χ0) is 13.3. The minimum absolute atomic E-state index is 0.0160. The van der Waals surface area contributed by atoms with Crippen molar-refractivity contribution in [3.05, 3.63) is 11.6 Å². The lowest BCUT2D eigenvalue weighted by molar-refractivity contribution is 0.186. The molecule has 0 fully saturated rings. The van der Waals surface area contributed by atoms with Gasteiger partial charge in [-0.2, -0.15) is 4.31 Å². The van der Waals surface area contributed by atoms with Gasteiger partial charge < -0.3 is 15.6 Å². The van der Waals surface area contributed by atoms with Crippen molar-refractivity contribution in [1.29, 1.82) is 0 Å². The van der Waals surface area contributed by atoms with E-state index in [-0.39, 0.29) is 21.9 Å². The molecule has 8 heteroatoms. The molecule has 1 aromatic heterocycles. The van der Waals surface area contributed by atoms with Gasteiger partial charge in [-0.1, -0.05) is 11.3 Å². The Hall–Kier alpha value is -0.670. The van der Waals surface area contributed by atoms with Crippen LogP contribution in [0.1, 0.15) is 18.0 Å². The number of hydrogen-bond acceptors (Lipinski definition) is 6. The summed E-state index contributed by atoms with van der Waals surface area (Å²) < 4.78 is 31.0. The van der Waals surface area contributed by atoms with E-state index in [4.69, 9.17) is 10.5 Å². The van der Waals surface area contributed by atoms with E-state index < -0.39 is 10.0 Å². The fourth-order valence-electron chi connectivity index (χ4n) is 1.97. The second-order valence-corrected chi connectivity index (χ2v) is 7.31. The first kappa shape index (κ1) is 13.8. The number of aromatic hydroxyl groups is 1. The Morgan fingerprint density at radius 1 is 1.67 bits per heavy atom. The average Bonchev–Trinajstić information content (AvgIpc) is 2.70. The van der Waals surface area contributed by atoms with Gasteiger partial charge in [-0.3, -0.25) is 0 Å². The zero-order valence-electron chi connectivity index (χ0n) is 10.00. The van der Waals surface area contributed by atoms with Crippen LogP contribution in [0.25, 0.3) is 0 Å². The number of hydrogen-bond donors (Lipinski definition) is 2. The Morgan fingerprint density at radius 3 is 3.06 bits per heavy atom. The molecule has 102 valence electrons. The maximum absolute atomic E-state index is 12.3. The third kappa shape index (κ3) is 2.39. The molecule has 0 spiro atoms. The van der Waals surface area contributed by atoms with E-state index in [1.54, 1.807) is 7.11 Å². The fraction of sp³-hybridized carbons (Fsp3) is 0.600. The largest absolute Gasteiger partial charge is 0.499 e. The third-order valence-electron chi connectivity index (χ3n) is 2.84. The molecular weight excluding hydrogens is 276 g/mol. The Bertz CT molecular complexity index is 526. The van der Waals surface area contributed by atoms with Crippen LogP contribution >= 0.6 is 11.3 Å². The first-order valence-electron chi connectivity index (χ1n) is 5.54. The monoisotopic (exact) mass is 292 g/mol. The molecule has 0 saturated carbocycles. The molecule has 1 aliphatic rings. The van der Waals surface area contributed by atoms with Crippen molar-refractivity contribution in [2.45, 2.75) is 16.7 Å². The SMILES string of the molecule is COCCCN1CC(N)c2cc(O)sc2S1(=O)=O. The van der Waals surface area contributed by atoms with E-state index in [0.29, 0.717) is 25.1 Å². The van der Waals surface area contributed by atoms with Crippen molar-refractivity contribution < 1.29 is 18.3 Å². The Morgan fingerprint density at radius 2 is 2.39 bits per heavy atom. The van der Waals surface area contributed by atoms with E-state index in [2.05, 4.69) is 0 Å². The van der Waals surface area contributed by atoms with Gasteiger partial charge >= 0.3 is 0 Å². The number of thiophene rings is 1. The average molecular weight is 292 g/mol. The van der Waals surface area contributed by atoms with Crippen LogP contribution in [0.5, 0.6) is 5.06 Å². The van der Waals surface area contributed by atoms with Gasteiger partial charge in [0.2, 0.25) is 0 Å². The summed E-state index contributed by atoms with van der Waals surface area (Å²) in [7, 11) is -1.94. The predicted octanol–water partition coefficient (Wildman–Crippen LogP) is 0.494. The summed E-state index contributed by atoms with van der Waals surface area (Å²) >= 11 is 0.859. The van der Waals surface area contributed by atoms with E-state index in [1.165, 1.54) is 10.4 Å². The molecule has 3 N–H and O–H groups in total. The van der Waals surface area contributed by atoms with Crippen LogP contribution in [-0.4, -0.2) is 44.6 Å². The maximum Gasteiger partial charge on any atom is 0.253 e. The zero-order valence-corrected chi connectivity index (χ0v) is 11.6. The minimum Gasteiger partial charge on any atom is -0.499 e. The van der Waals surface area contributed by atoms with Crippen molar-refractivity contribution in [2.24, 2.45) is 5.73 Å². The molecule has 18 heavy (non-hydrogen) atoms. The Kier molecular flexibility index (Phi) is 3.93. The molecule has 0 bridgehead atoms. The normalized spacial score (nSPS) is 22.9. The second-order valence-electron chi connectivity index (χ2n) is 4.14. The third-order valence-corrected chi connectivity index (χ3v) is 6.19. The number of nitrogens with zero attached hydrogens (tertiary/aromatic N) is 1. The van der Waals surface area contributed by atoms with Crippen molar-refractivity contribution in [2.75, 3.05) is 26.8 Å². The number of methoxy groups -OCH3 is 1. The molecule has 0 radical (unpaired) electrons. The van der Waals surface area contributed by atoms with Crippen molar-refractivity contribution in [3.63, 3.8) is 0 Å². The van der Waals surface area contributed by atoms with Gasteiger partial charge in [0, 0.05) is 38.4 Å². The topological polar surface area (TPSA) is 92.9 Å². The molecule has 1 atom stereocenters.